The van der Waals surface area contributed by atoms with Gasteiger partial charge in [-0.2, -0.15) is 0 Å². The van der Waals surface area contributed by atoms with Crippen molar-refractivity contribution in [2.45, 2.75) is 81.4 Å². The van der Waals surface area contributed by atoms with Crippen molar-refractivity contribution < 1.29 is 24.2 Å². The molecule has 0 aromatic rings. The fourth-order valence-corrected chi connectivity index (χ4v) is 8.30. The average molecular weight is 467 g/mol. The van der Waals surface area contributed by atoms with Gasteiger partial charge in [0.15, 0.2) is 0 Å². The first-order chi connectivity index (χ1) is 15.2. The molecule has 3 rings (SSSR count). The zero-order valence-electron chi connectivity index (χ0n) is 19.8. The number of unbranched alkanes of at least 4 members (excludes halogenated alkanes) is 2. The van der Waals surface area contributed by atoms with Gasteiger partial charge in [-0.3, -0.25) is 14.4 Å². The molecule has 2 unspecified atom stereocenters. The van der Waals surface area contributed by atoms with E-state index in [0.717, 1.165) is 19.3 Å². The summed E-state index contributed by atoms with van der Waals surface area (Å²) >= 11 is 1.67. The van der Waals surface area contributed by atoms with Crippen LogP contribution in [0.5, 0.6) is 0 Å². The molecule has 0 aromatic carbocycles. The SMILES string of the molecule is C=CCN(C(=O)C1N(CCCCCO)C(=O)[C@@H]2[C@@H](C(=O)OCC)[C@@]3(C)CCC12S3)C(C)C. The first-order valence-electron chi connectivity index (χ1n) is 11.9. The molecule has 1 N–H and O–H groups in total. The minimum Gasteiger partial charge on any atom is -0.466 e. The first kappa shape index (κ1) is 25.1. The van der Waals surface area contributed by atoms with Gasteiger partial charge in [-0.25, -0.2) is 0 Å². The largest absolute Gasteiger partial charge is 0.466 e. The van der Waals surface area contributed by atoms with Crippen LogP contribution in [-0.4, -0.2) is 80.6 Å². The smallest absolute Gasteiger partial charge is 0.311 e. The molecule has 2 amide bonds. The van der Waals surface area contributed by atoms with Gasteiger partial charge in [-0.15, -0.1) is 18.3 Å². The first-order valence-corrected chi connectivity index (χ1v) is 12.7. The van der Waals surface area contributed by atoms with Gasteiger partial charge in [-0.05, 0) is 59.8 Å². The standard InChI is InChI=1S/C24H38N2O5S/c1-6-13-25(16(3)4)21(29)19-24-12-11-23(5,32-24)18(22(30)31-7-2)17(24)20(28)26(19)14-9-8-10-15-27/h6,16-19,27H,1,7-15H2,2-5H3/t17-,18-,19?,23+,24?/m0/s1. The molecule has 0 saturated carbocycles. The molecule has 8 heteroatoms. The Bertz CT molecular complexity index is 759. The number of aliphatic hydroxyl groups excluding tert-OH is 1. The molecular formula is C24H38N2O5S. The van der Waals surface area contributed by atoms with Crippen molar-refractivity contribution in [2.24, 2.45) is 11.8 Å². The van der Waals surface area contributed by atoms with Crippen LogP contribution >= 0.6 is 11.8 Å². The van der Waals surface area contributed by atoms with Gasteiger partial charge in [0.25, 0.3) is 0 Å². The fourth-order valence-electron chi connectivity index (χ4n) is 5.96. The summed E-state index contributed by atoms with van der Waals surface area (Å²) in [5, 5.41) is 9.13. The monoisotopic (exact) mass is 466 g/mol. The van der Waals surface area contributed by atoms with Crippen LogP contribution in [0.4, 0.5) is 0 Å². The van der Waals surface area contributed by atoms with E-state index in [1.54, 1.807) is 34.6 Å². The van der Waals surface area contributed by atoms with Gasteiger partial charge in [0, 0.05) is 30.5 Å². The Morgan fingerprint density at radius 1 is 1.34 bits per heavy atom. The van der Waals surface area contributed by atoms with Crippen LogP contribution in [0.2, 0.25) is 0 Å². The Kier molecular flexibility index (Phi) is 7.65. The lowest BCUT2D eigenvalue weighted by atomic mass is 9.66. The van der Waals surface area contributed by atoms with Gasteiger partial charge in [-0.1, -0.05) is 6.08 Å². The number of carbonyl (C=O) groups excluding carboxylic acids is 3. The van der Waals surface area contributed by atoms with Gasteiger partial charge in [0.05, 0.1) is 23.2 Å². The molecule has 2 bridgehead atoms. The molecule has 180 valence electrons. The van der Waals surface area contributed by atoms with Crippen LogP contribution < -0.4 is 0 Å². The zero-order valence-corrected chi connectivity index (χ0v) is 20.7. The van der Waals surface area contributed by atoms with Crippen LogP contribution in [-0.2, 0) is 19.1 Å². The summed E-state index contributed by atoms with van der Waals surface area (Å²) < 4.78 is 4.41. The van der Waals surface area contributed by atoms with Crippen LogP contribution in [0.25, 0.3) is 0 Å². The Hall–Kier alpha value is -1.54. The van der Waals surface area contributed by atoms with Crippen LogP contribution in [0.3, 0.4) is 0 Å². The van der Waals surface area contributed by atoms with Gasteiger partial charge in [0.2, 0.25) is 11.8 Å². The van der Waals surface area contributed by atoms with E-state index < -0.39 is 27.4 Å². The number of nitrogens with zero attached hydrogens (tertiary/aromatic N) is 2. The molecule has 0 aromatic heterocycles. The van der Waals surface area contributed by atoms with E-state index in [9.17, 15) is 14.4 Å². The van der Waals surface area contributed by atoms with Gasteiger partial charge < -0.3 is 19.6 Å². The molecule has 32 heavy (non-hydrogen) atoms. The Morgan fingerprint density at radius 3 is 2.66 bits per heavy atom. The van der Waals surface area contributed by atoms with E-state index in [2.05, 4.69) is 13.5 Å². The van der Waals surface area contributed by atoms with Crippen molar-refractivity contribution in [3.63, 3.8) is 0 Å². The summed E-state index contributed by atoms with van der Waals surface area (Å²) in [5.41, 5.74) is 0. The Morgan fingerprint density at radius 2 is 2.06 bits per heavy atom. The van der Waals surface area contributed by atoms with Crippen LogP contribution in [0.15, 0.2) is 12.7 Å². The minimum atomic E-state index is -0.606. The molecular weight excluding hydrogens is 428 g/mol. The summed E-state index contributed by atoms with van der Waals surface area (Å²) in [6.45, 7) is 12.9. The lowest BCUT2D eigenvalue weighted by Crippen LogP contribution is -2.56. The molecule has 3 aliphatic heterocycles. The van der Waals surface area contributed by atoms with E-state index >= 15 is 0 Å². The van der Waals surface area contributed by atoms with E-state index in [0.29, 0.717) is 25.9 Å². The number of aliphatic hydroxyl groups is 1. The highest BCUT2D eigenvalue weighted by Crippen LogP contribution is 2.71. The van der Waals surface area contributed by atoms with Crippen LogP contribution in [0.1, 0.15) is 59.8 Å². The summed E-state index contributed by atoms with van der Waals surface area (Å²) in [4.78, 5) is 44.3. The number of amides is 2. The molecule has 0 radical (unpaired) electrons. The number of likely N-dealkylation sites (tertiary alicyclic amines) is 1. The van der Waals surface area contributed by atoms with Crippen LogP contribution in [0, 0.1) is 11.8 Å². The predicted octanol–water partition coefficient (Wildman–Crippen LogP) is 2.62. The maximum atomic E-state index is 14.0. The van der Waals surface area contributed by atoms with Crippen molar-refractivity contribution in [3.05, 3.63) is 12.7 Å². The zero-order chi connectivity index (χ0) is 23.7. The van der Waals surface area contributed by atoms with Crippen molar-refractivity contribution in [2.75, 3.05) is 26.3 Å². The molecule has 0 aliphatic carbocycles. The third kappa shape index (κ3) is 3.98. The molecule has 5 atom stereocenters. The van der Waals surface area contributed by atoms with E-state index in [-0.39, 0.29) is 37.0 Å². The number of ether oxygens (including phenoxy) is 1. The Balaban J connectivity index is 2.01. The van der Waals surface area contributed by atoms with Crippen molar-refractivity contribution in [1.82, 2.24) is 9.80 Å². The molecule has 3 heterocycles. The molecule has 3 fully saturated rings. The number of fused-ring (bicyclic) bond motifs is 1. The summed E-state index contributed by atoms with van der Waals surface area (Å²) in [6, 6.07) is -0.620. The van der Waals surface area contributed by atoms with Gasteiger partial charge >= 0.3 is 5.97 Å². The minimum absolute atomic E-state index is 0.0256. The maximum absolute atomic E-state index is 14.0. The number of esters is 1. The highest BCUT2D eigenvalue weighted by atomic mass is 32.2. The van der Waals surface area contributed by atoms with Crippen molar-refractivity contribution >= 4 is 29.5 Å². The van der Waals surface area contributed by atoms with Crippen molar-refractivity contribution in [1.29, 1.82) is 0 Å². The summed E-state index contributed by atoms with van der Waals surface area (Å²) in [6.07, 6.45) is 5.42. The second-order valence-corrected chi connectivity index (χ2v) is 11.6. The number of carbonyl (C=O) groups is 3. The number of rotatable bonds is 11. The van der Waals surface area contributed by atoms with E-state index in [4.69, 9.17) is 9.84 Å². The van der Waals surface area contributed by atoms with E-state index in [1.807, 2.05) is 13.8 Å². The predicted molar refractivity (Wildman–Crippen MR) is 125 cm³/mol. The highest BCUT2D eigenvalue weighted by Gasteiger charge is 2.77. The maximum Gasteiger partial charge on any atom is 0.311 e. The van der Waals surface area contributed by atoms with Crippen molar-refractivity contribution in [3.8, 4) is 0 Å². The molecule has 7 nitrogen and oxygen atoms in total. The normalized spacial score (nSPS) is 33.0. The topological polar surface area (TPSA) is 87.2 Å². The quantitative estimate of drug-likeness (QED) is 0.286. The third-order valence-electron chi connectivity index (χ3n) is 7.34. The van der Waals surface area contributed by atoms with Gasteiger partial charge in [0.1, 0.15) is 6.04 Å². The number of hydrogen-bond donors (Lipinski definition) is 1. The average Bonchev–Trinajstić information content (AvgIpc) is 3.30. The molecule has 3 saturated heterocycles. The highest BCUT2D eigenvalue weighted by molar-refractivity contribution is 8.02. The lowest BCUT2D eigenvalue weighted by Gasteiger charge is -2.38. The molecule has 1 spiro atoms. The van der Waals surface area contributed by atoms with E-state index in [1.165, 1.54) is 0 Å². The number of hydrogen-bond acceptors (Lipinski definition) is 6. The second-order valence-electron chi connectivity index (χ2n) is 9.67. The summed E-state index contributed by atoms with van der Waals surface area (Å²) in [7, 11) is 0. The Labute approximate surface area is 195 Å². The number of thioether (sulfide) groups is 1. The molecule has 3 aliphatic rings. The second kappa shape index (κ2) is 9.75. The third-order valence-corrected chi connectivity index (χ3v) is 9.33. The fraction of sp³-hybridized carbons (Fsp3) is 0.792. The summed E-state index contributed by atoms with van der Waals surface area (Å²) in [5.74, 6) is -1.53. The lowest BCUT2D eigenvalue weighted by molar-refractivity contribution is -0.155.